The van der Waals surface area contributed by atoms with Crippen molar-refractivity contribution in [1.82, 2.24) is 9.88 Å². The number of likely N-dealkylation sites (tertiary alicyclic amines) is 1. The lowest BCUT2D eigenvalue weighted by Gasteiger charge is -2.33. The van der Waals surface area contributed by atoms with Crippen LogP contribution in [0.3, 0.4) is 0 Å². The lowest BCUT2D eigenvalue weighted by molar-refractivity contribution is -0.143. The van der Waals surface area contributed by atoms with E-state index in [0.29, 0.717) is 32.1 Å². The van der Waals surface area contributed by atoms with Crippen LogP contribution >= 0.6 is 0 Å². The van der Waals surface area contributed by atoms with Gasteiger partial charge in [-0.1, -0.05) is 0 Å². The van der Waals surface area contributed by atoms with Gasteiger partial charge < -0.3 is 9.64 Å². The average Bonchev–Trinajstić information content (AvgIpc) is 3.27. The monoisotopic (exact) mass is 342 g/mol. The second kappa shape index (κ2) is 5.75. The van der Waals surface area contributed by atoms with Gasteiger partial charge in [0.2, 0.25) is 0 Å². The molecule has 0 aromatic carbocycles. The van der Waals surface area contributed by atoms with Gasteiger partial charge in [0.05, 0.1) is 24.2 Å². The van der Waals surface area contributed by atoms with Gasteiger partial charge in [0.25, 0.3) is 5.91 Å². The minimum absolute atomic E-state index is 0.144. The topological polar surface area (TPSA) is 59.5 Å². The molecule has 130 valence electrons. The van der Waals surface area contributed by atoms with Crippen LogP contribution in [0.15, 0.2) is 18.5 Å². The molecule has 3 rings (SSSR count). The molecule has 1 unspecified atom stereocenters. The van der Waals surface area contributed by atoms with Crippen LogP contribution in [0.25, 0.3) is 0 Å². The molecule has 1 aromatic rings. The van der Waals surface area contributed by atoms with Crippen molar-refractivity contribution in [2.75, 3.05) is 20.2 Å². The highest BCUT2D eigenvalue weighted by Crippen LogP contribution is 2.59. The van der Waals surface area contributed by atoms with Gasteiger partial charge in [-0.2, -0.15) is 13.2 Å². The predicted molar refractivity (Wildman–Crippen MR) is 76.9 cm³/mol. The van der Waals surface area contributed by atoms with Crippen molar-refractivity contribution in [2.24, 2.45) is 11.3 Å². The van der Waals surface area contributed by atoms with E-state index in [0.717, 1.165) is 12.5 Å². The predicted octanol–water partition coefficient (Wildman–Crippen LogP) is 2.52. The Morgan fingerprint density at radius 1 is 1.33 bits per heavy atom. The molecule has 0 bridgehead atoms. The molecule has 1 saturated heterocycles. The maximum atomic E-state index is 13.0. The van der Waals surface area contributed by atoms with E-state index in [1.165, 1.54) is 18.2 Å². The van der Waals surface area contributed by atoms with E-state index in [2.05, 4.69) is 4.98 Å². The maximum absolute atomic E-state index is 13.0. The molecule has 8 heteroatoms. The number of hydrogen-bond donors (Lipinski definition) is 0. The molecule has 0 radical (unpaired) electrons. The number of alkyl halides is 3. The highest BCUT2D eigenvalue weighted by molar-refractivity contribution is 5.95. The Labute approximate surface area is 136 Å². The van der Waals surface area contributed by atoms with Gasteiger partial charge in [-0.3, -0.25) is 14.6 Å². The third-order valence-corrected chi connectivity index (χ3v) is 5.08. The molecule has 24 heavy (non-hydrogen) atoms. The van der Waals surface area contributed by atoms with E-state index >= 15 is 0 Å². The Morgan fingerprint density at radius 2 is 2.00 bits per heavy atom. The summed E-state index contributed by atoms with van der Waals surface area (Å²) in [6.07, 6.45) is -0.835. The summed E-state index contributed by atoms with van der Waals surface area (Å²) >= 11 is 0. The average molecular weight is 342 g/mol. The van der Waals surface area contributed by atoms with E-state index in [1.807, 2.05) is 0 Å². The van der Waals surface area contributed by atoms with Gasteiger partial charge in [-0.05, 0) is 30.7 Å². The van der Waals surface area contributed by atoms with Crippen molar-refractivity contribution in [3.8, 4) is 0 Å². The number of piperidine rings is 1. The summed E-state index contributed by atoms with van der Waals surface area (Å²) in [6, 6.07) is 1.10. The smallest absolute Gasteiger partial charge is 0.418 e. The molecular weight excluding hydrogens is 325 g/mol. The first kappa shape index (κ1) is 16.7. The van der Waals surface area contributed by atoms with Gasteiger partial charge >= 0.3 is 12.1 Å². The number of esters is 1. The summed E-state index contributed by atoms with van der Waals surface area (Å²) in [7, 11) is 1.34. The molecule has 2 aliphatic rings. The number of rotatable bonds is 2. The lowest BCUT2D eigenvalue weighted by Crippen LogP contribution is -2.40. The highest BCUT2D eigenvalue weighted by Gasteiger charge is 2.59. The Morgan fingerprint density at radius 3 is 2.58 bits per heavy atom. The zero-order chi connectivity index (χ0) is 17.5. The fraction of sp³-hybridized carbons (Fsp3) is 0.562. The summed E-state index contributed by atoms with van der Waals surface area (Å²) in [5, 5.41) is 0. The van der Waals surface area contributed by atoms with Crippen LogP contribution < -0.4 is 0 Å². The Hall–Kier alpha value is -2.12. The number of methoxy groups -OCH3 is 1. The minimum atomic E-state index is -4.62. The molecule has 0 N–H and O–H groups in total. The van der Waals surface area contributed by atoms with Gasteiger partial charge in [0, 0.05) is 25.5 Å². The molecule has 1 aromatic heterocycles. The van der Waals surface area contributed by atoms with Crippen LogP contribution in [0.5, 0.6) is 0 Å². The second-order valence-corrected chi connectivity index (χ2v) is 6.35. The summed E-state index contributed by atoms with van der Waals surface area (Å²) in [5.74, 6) is -1.04. The van der Waals surface area contributed by atoms with E-state index in [1.54, 1.807) is 0 Å². The molecule has 1 aliphatic heterocycles. The van der Waals surface area contributed by atoms with Crippen LogP contribution in [0.4, 0.5) is 13.2 Å². The van der Waals surface area contributed by atoms with E-state index < -0.39 is 17.6 Å². The zero-order valence-corrected chi connectivity index (χ0v) is 13.1. The maximum Gasteiger partial charge on any atom is 0.418 e. The normalized spacial score (nSPS) is 22.3. The fourth-order valence-electron chi connectivity index (χ4n) is 3.51. The lowest BCUT2D eigenvalue weighted by atomic mass is 9.90. The Balaban J connectivity index is 1.70. The molecule has 1 aliphatic carbocycles. The molecule has 1 atom stereocenters. The highest BCUT2D eigenvalue weighted by atomic mass is 19.4. The Bertz CT molecular complexity index is 667. The number of pyridine rings is 1. The van der Waals surface area contributed by atoms with Gasteiger partial charge in [-0.15, -0.1) is 0 Å². The first-order chi connectivity index (χ1) is 11.3. The van der Waals surface area contributed by atoms with Crippen LogP contribution in [0.2, 0.25) is 0 Å². The summed E-state index contributed by atoms with van der Waals surface area (Å²) in [4.78, 5) is 29.0. The number of nitrogens with zero attached hydrogens (tertiary/aromatic N) is 2. The van der Waals surface area contributed by atoms with Crippen LogP contribution in [0, 0.1) is 11.3 Å². The largest absolute Gasteiger partial charge is 0.469 e. The minimum Gasteiger partial charge on any atom is -0.469 e. The summed E-state index contributed by atoms with van der Waals surface area (Å²) < 4.78 is 43.8. The molecule has 2 fully saturated rings. The third-order valence-electron chi connectivity index (χ3n) is 5.08. The number of hydrogen-bond acceptors (Lipinski definition) is 4. The van der Waals surface area contributed by atoms with Crippen LogP contribution in [-0.4, -0.2) is 42.0 Å². The molecular formula is C16H17F3N2O3. The third kappa shape index (κ3) is 2.85. The van der Waals surface area contributed by atoms with Crippen molar-refractivity contribution in [3.05, 3.63) is 29.6 Å². The fourth-order valence-corrected chi connectivity index (χ4v) is 3.51. The first-order valence-electron chi connectivity index (χ1n) is 7.67. The molecule has 5 nitrogen and oxygen atoms in total. The van der Waals surface area contributed by atoms with Crippen molar-refractivity contribution in [2.45, 2.75) is 25.4 Å². The number of carbonyl (C=O) groups excluding carboxylic acids is 2. The molecule has 2 heterocycles. The first-order valence-corrected chi connectivity index (χ1v) is 7.67. The van der Waals surface area contributed by atoms with Crippen molar-refractivity contribution in [1.29, 1.82) is 0 Å². The standard InChI is InChI=1S/C16H17F3N2O3/c1-24-14(23)11-8-15(11)3-6-21(7-4-15)13(22)10-2-5-20-9-12(10)16(17,18)19/h2,5,9,11H,3-4,6-8H2,1H3. The summed E-state index contributed by atoms with van der Waals surface area (Å²) in [6.45, 7) is 0.678. The number of amides is 1. The van der Waals surface area contributed by atoms with Crippen LogP contribution in [-0.2, 0) is 15.7 Å². The van der Waals surface area contributed by atoms with Gasteiger partial charge in [0.15, 0.2) is 0 Å². The quantitative estimate of drug-likeness (QED) is 0.775. The van der Waals surface area contributed by atoms with Gasteiger partial charge in [-0.25, -0.2) is 0 Å². The van der Waals surface area contributed by atoms with E-state index in [4.69, 9.17) is 4.74 Å². The second-order valence-electron chi connectivity index (χ2n) is 6.35. The summed E-state index contributed by atoms with van der Waals surface area (Å²) in [5.41, 5.74) is -1.54. The number of ether oxygens (including phenoxy) is 1. The van der Waals surface area contributed by atoms with E-state index in [-0.39, 0.29) is 22.9 Å². The SMILES string of the molecule is COC(=O)C1CC12CCN(C(=O)c1ccncc1C(F)(F)F)CC2. The van der Waals surface area contributed by atoms with Crippen LogP contribution in [0.1, 0.15) is 35.2 Å². The van der Waals surface area contributed by atoms with Crippen molar-refractivity contribution in [3.63, 3.8) is 0 Å². The number of carbonyl (C=O) groups is 2. The van der Waals surface area contributed by atoms with Crippen molar-refractivity contribution < 1.29 is 27.5 Å². The number of aromatic nitrogens is 1. The number of halogens is 3. The van der Waals surface area contributed by atoms with E-state index in [9.17, 15) is 22.8 Å². The van der Waals surface area contributed by atoms with Crippen molar-refractivity contribution >= 4 is 11.9 Å². The Kier molecular flexibility index (Phi) is 4.01. The van der Waals surface area contributed by atoms with Gasteiger partial charge in [0.1, 0.15) is 0 Å². The molecule has 1 amide bonds. The molecule has 1 saturated carbocycles. The molecule has 1 spiro atoms. The zero-order valence-electron chi connectivity index (χ0n) is 13.1.